The Bertz CT molecular complexity index is 273. The zero-order valence-corrected chi connectivity index (χ0v) is 11.0. The summed E-state index contributed by atoms with van der Waals surface area (Å²) in [5.74, 6) is 0.319. The molecule has 2 aliphatic heterocycles. The lowest BCUT2D eigenvalue weighted by Crippen LogP contribution is -2.39. The molecule has 2 rings (SSSR count). The van der Waals surface area contributed by atoms with E-state index in [1.807, 2.05) is 18.7 Å². The molecule has 1 amide bonds. The number of amides is 1. The van der Waals surface area contributed by atoms with E-state index < -0.39 is 0 Å². The van der Waals surface area contributed by atoms with Crippen LogP contribution in [0.15, 0.2) is 0 Å². The van der Waals surface area contributed by atoms with Crippen LogP contribution in [0.1, 0.15) is 33.1 Å². The van der Waals surface area contributed by atoms with Gasteiger partial charge in [0.2, 0.25) is 5.91 Å². The fraction of sp³-hybridized carbons (Fsp3) is 0.923. The van der Waals surface area contributed by atoms with Gasteiger partial charge >= 0.3 is 0 Å². The Morgan fingerprint density at radius 3 is 2.76 bits per heavy atom. The first-order valence-electron chi connectivity index (χ1n) is 6.71. The number of carbonyl (C=O) groups excluding carboxylic acids is 1. The van der Waals surface area contributed by atoms with Gasteiger partial charge in [0.05, 0.1) is 12.7 Å². The minimum atomic E-state index is 0.251. The van der Waals surface area contributed by atoms with Crippen molar-refractivity contribution in [1.82, 2.24) is 10.2 Å². The van der Waals surface area contributed by atoms with Crippen molar-refractivity contribution < 1.29 is 9.53 Å². The standard InChI is InChI=1S/C13H24N2O2/c1-11(2)17-8-7-15-10-13(9-12(15)16)3-5-14-6-4-13/h11,14H,3-10H2,1-2H3. The third-order valence-corrected chi connectivity index (χ3v) is 3.88. The molecule has 2 fully saturated rings. The second kappa shape index (κ2) is 5.36. The van der Waals surface area contributed by atoms with Crippen LogP contribution >= 0.6 is 0 Å². The lowest BCUT2D eigenvalue weighted by atomic mass is 9.78. The van der Waals surface area contributed by atoms with E-state index in [0.29, 0.717) is 12.5 Å². The zero-order chi connectivity index (χ0) is 12.3. The van der Waals surface area contributed by atoms with Crippen LogP contribution in [0.3, 0.4) is 0 Å². The van der Waals surface area contributed by atoms with Crippen LogP contribution in [0.25, 0.3) is 0 Å². The molecule has 4 heteroatoms. The van der Waals surface area contributed by atoms with Gasteiger partial charge in [0.15, 0.2) is 0 Å². The molecule has 0 aromatic carbocycles. The van der Waals surface area contributed by atoms with E-state index >= 15 is 0 Å². The maximum atomic E-state index is 12.0. The molecule has 0 atom stereocenters. The van der Waals surface area contributed by atoms with Gasteiger partial charge in [0, 0.05) is 19.5 Å². The third-order valence-electron chi connectivity index (χ3n) is 3.88. The van der Waals surface area contributed by atoms with Crippen molar-refractivity contribution in [3.63, 3.8) is 0 Å². The number of nitrogens with zero attached hydrogens (tertiary/aromatic N) is 1. The Kier molecular flexibility index (Phi) is 4.05. The summed E-state index contributed by atoms with van der Waals surface area (Å²) in [4.78, 5) is 14.0. The summed E-state index contributed by atoms with van der Waals surface area (Å²) in [5.41, 5.74) is 0.264. The summed E-state index contributed by atoms with van der Waals surface area (Å²) in [6.07, 6.45) is 3.28. The van der Waals surface area contributed by atoms with E-state index in [2.05, 4.69) is 5.32 Å². The van der Waals surface area contributed by atoms with Crippen LogP contribution in [0.2, 0.25) is 0 Å². The summed E-state index contributed by atoms with van der Waals surface area (Å²) in [7, 11) is 0. The van der Waals surface area contributed by atoms with Crippen LogP contribution in [0.5, 0.6) is 0 Å². The van der Waals surface area contributed by atoms with Gasteiger partial charge in [-0.1, -0.05) is 0 Å². The highest BCUT2D eigenvalue weighted by Gasteiger charge is 2.43. The molecule has 0 saturated carbocycles. The first kappa shape index (κ1) is 12.8. The molecule has 2 aliphatic rings. The Labute approximate surface area is 104 Å². The van der Waals surface area contributed by atoms with Gasteiger partial charge in [-0.2, -0.15) is 0 Å². The normalized spacial score (nSPS) is 23.9. The molecule has 0 radical (unpaired) electrons. The van der Waals surface area contributed by atoms with Crippen LogP contribution in [0, 0.1) is 5.41 Å². The van der Waals surface area contributed by atoms with Crippen LogP contribution in [0.4, 0.5) is 0 Å². The van der Waals surface area contributed by atoms with Gasteiger partial charge in [-0.3, -0.25) is 4.79 Å². The molecule has 2 saturated heterocycles. The summed E-state index contributed by atoms with van der Waals surface area (Å²) >= 11 is 0. The van der Waals surface area contributed by atoms with Crippen molar-refractivity contribution in [2.45, 2.75) is 39.2 Å². The summed E-state index contributed by atoms with van der Waals surface area (Å²) in [5, 5.41) is 3.37. The minimum absolute atomic E-state index is 0.251. The molecule has 0 aliphatic carbocycles. The van der Waals surface area contributed by atoms with E-state index in [1.165, 1.54) is 0 Å². The molecule has 98 valence electrons. The highest BCUT2D eigenvalue weighted by atomic mass is 16.5. The maximum Gasteiger partial charge on any atom is 0.223 e. The van der Waals surface area contributed by atoms with E-state index in [9.17, 15) is 4.79 Å². The van der Waals surface area contributed by atoms with Crippen molar-refractivity contribution in [2.75, 3.05) is 32.8 Å². The largest absolute Gasteiger partial charge is 0.377 e. The molecule has 0 bridgehead atoms. The van der Waals surface area contributed by atoms with Crippen LogP contribution in [-0.4, -0.2) is 49.7 Å². The van der Waals surface area contributed by atoms with Gasteiger partial charge < -0.3 is 15.0 Å². The second-order valence-electron chi connectivity index (χ2n) is 5.66. The quantitative estimate of drug-likeness (QED) is 0.797. The zero-order valence-electron chi connectivity index (χ0n) is 11.0. The molecular formula is C13H24N2O2. The van der Waals surface area contributed by atoms with E-state index in [0.717, 1.165) is 45.4 Å². The first-order valence-corrected chi connectivity index (χ1v) is 6.71. The SMILES string of the molecule is CC(C)OCCN1CC2(CCNCC2)CC1=O. The average molecular weight is 240 g/mol. The number of nitrogens with one attached hydrogen (secondary N) is 1. The predicted molar refractivity (Wildman–Crippen MR) is 66.8 cm³/mol. The highest BCUT2D eigenvalue weighted by molar-refractivity contribution is 5.79. The van der Waals surface area contributed by atoms with Gasteiger partial charge in [0.1, 0.15) is 0 Å². The lowest BCUT2D eigenvalue weighted by Gasteiger charge is -2.33. The molecule has 1 N–H and O–H groups in total. The third kappa shape index (κ3) is 3.19. The Hall–Kier alpha value is -0.610. The van der Waals surface area contributed by atoms with Crippen molar-refractivity contribution in [3.8, 4) is 0 Å². The monoisotopic (exact) mass is 240 g/mol. The summed E-state index contributed by atoms with van der Waals surface area (Å²) < 4.78 is 5.52. The molecule has 1 spiro atoms. The number of likely N-dealkylation sites (tertiary alicyclic amines) is 1. The molecule has 17 heavy (non-hydrogen) atoms. The molecule has 0 aromatic heterocycles. The average Bonchev–Trinajstić information content (AvgIpc) is 2.56. The molecular weight excluding hydrogens is 216 g/mol. The Balaban J connectivity index is 1.82. The van der Waals surface area contributed by atoms with Gasteiger partial charge in [0.25, 0.3) is 0 Å². The van der Waals surface area contributed by atoms with Gasteiger partial charge in [-0.05, 0) is 45.2 Å². The van der Waals surface area contributed by atoms with Crippen molar-refractivity contribution in [2.24, 2.45) is 5.41 Å². The van der Waals surface area contributed by atoms with E-state index in [-0.39, 0.29) is 11.5 Å². The number of ether oxygens (including phenoxy) is 1. The summed E-state index contributed by atoms with van der Waals surface area (Å²) in [6, 6.07) is 0. The number of hydrogen-bond acceptors (Lipinski definition) is 3. The number of rotatable bonds is 4. The minimum Gasteiger partial charge on any atom is -0.377 e. The number of carbonyl (C=O) groups is 1. The second-order valence-corrected chi connectivity index (χ2v) is 5.66. The number of hydrogen-bond donors (Lipinski definition) is 1. The van der Waals surface area contributed by atoms with Gasteiger partial charge in [-0.25, -0.2) is 0 Å². The van der Waals surface area contributed by atoms with E-state index in [4.69, 9.17) is 4.74 Å². The first-order chi connectivity index (χ1) is 8.11. The van der Waals surface area contributed by atoms with Crippen molar-refractivity contribution in [3.05, 3.63) is 0 Å². The highest BCUT2D eigenvalue weighted by Crippen LogP contribution is 2.39. The Morgan fingerprint density at radius 1 is 1.41 bits per heavy atom. The van der Waals surface area contributed by atoms with Crippen molar-refractivity contribution in [1.29, 1.82) is 0 Å². The predicted octanol–water partition coefficient (Wildman–Crippen LogP) is 1.01. The lowest BCUT2D eigenvalue weighted by molar-refractivity contribution is -0.128. The number of piperidine rings is 1. The fourth-order valence-corrected chi connectivity index (χ4v) is 2.88. The van der Waals surface area contributed by atoms with Crippen molar-refractivity contribution >= 4 is 5.91 Å². The molecule has 2 heterocycles. The van der Waals surface area contributed by atoms with Crippen LogP contribution < -0.4 is 5.32 Å². The molecule has 4 nitrogen and oxygen atoms in total. The smallest absolute Gasteiger partial charge is 0.223 e. The van der Waals surface area contributed by atoms with E-state index in [1.54, 1.807) is 0 Å². The maximum absolute atomic E-state index is 12.0. The molecule has 0 unspecified atom stereocenters. The summed E-state index contributed by atoms with van der Waals surface area (Å²) in [6.45, 7) is 8.53. The van der Waals surface area contributed by atoms with Gasteiger partial charge in [-0.15, -0.1) is 0 Å². The fourth-order valence-electron chi connectivity index (χ4n) is 2.88. The molecule has 0 aromatic rings. The Morgan fingerprint density at radius 2 is 2.12 bits per heavy atom. The topological polar surface area (TPSA) is 41.6 Å². The van der Waals surface area contributed by atoms with Crippen LogP contribution in [-0.2, 0) is 9.53 Å².